The van der Waals surface area contributed by atoms with Crippen molar-refractivity contribution in [3.63, 3.8) is 0 Å². The molecule has 0 radical (unpaired) electrons. The molecule has 1 atom stereocenters. The van der Waals surface area contributed by atoms with Crippen molar-refractivity contribution in [3.05, 3.63) is 24.3 Å². The third-order valence-electron chi connectivity index (χ3n) is 2.64. The van der Waals surface area contributed by atoms with Crippen LogP contribution in [0.1, 0.15) is 20.8 Å². The number of fused-ring (bicyclic) bond motifs is 1. The Morgan fingerprint density at radius 3 is 2.78 bits per heavy atom. The lowest BCUT2D eigenvalue weighted by molar-refractivity contribution is 0.510. The van der Waals surface area contributed by atoms with Gasteiger partial charge in [-0.3, -0.25) is 0 Å². The van der Waals surface area contributed by atoms with Crippen molar-refractivity contribution in [3.8, 4) is 0 Å². The van der Waals surface area contributed by atoms with Gasteiger partial charge in [-0.25, -0.2) is 4.98 Å². The minimum atomic E-state index is 0.569. The predicted octanol–water partition coefficient (Wildman–Crippen LogP) is 4.02. The maximum absolute atomic E-state index is 4.64. The van der Waals surface area contributed by atoms with Crippen LogP contribution in [0.15, 0.2) is 28.6 Å². The number of para-hydroxylation sites is 1. The summed E-state index contributed by atoms with van der Waals surface area (Å²) in [6, 6.07) is 8.91. The number of thioether (sulfide) groups is 1. The summed E-state index contributed by atoms with van der Waals surface area (Å²) in [5, 5.41) is 3.48. The quantitative estimate of drug-likeness (QED) is 0.809. The molecule has 2 rings (SSSR count). The van der Waals surface area contributed by atoms with Gasteiger partial charge >= 0.3 is 0 Å². The van der Waals surface area contributed by atoms with E-state index in [4.69, 9.17) is 0 Å². The van der Waals surface area contributed by atoms with Gasteiger partial charge in [0.2, 0.25) is 0 Å². The molecule has 98 valence electrons. The molecule has 1 N–H and O–H groups in total. The molecule has 0 fully saturated rings. The molecule has 2 aromatic rings. The molecule has 0 aliphatic rings. The molecule has 1 heterocycles. The van der Waals surface area contributed by atoms with E-state index in [-0.39, 0.29) is 0 Å². The first-order chi connectivity index (χ1) is 8.65. The number of thiazole rings is 1. The fourth-order valence-corrected chi connectivity index (χ4v) is 3.74. The second-order valence-electron chi connectivity index (χ2n) is 4.93. The zero-order valence-electron chi connectivity index (χ0n) is 11.1. The SMILES string of the molecule is CC(CNC(C)C)CSc1nc2ccccc2s1. The first-order valence-corrected chi connectivity index (χ1v) is 8.17. The van der Waals surface area contributed by atoms with Gasteiger partial charge < -0.3 is 5.32 Å². The molecular formula is C14H20N2S2. The van der Waals surface area contributed by atoms with E-state index in [0.717, 1.165) is 17.8 Å². The van der Waals surface area contributed by atoms with Gasteiger partial charge in [0.1, 0.15) is 0 Å². The molecule has 0 saturated carbocycles. The van der Waals surface area contributed by atoms with Gasteiger partial charge in [0.25, 0.3) is 0 Å². The molecule has 1 aromatic heterocycles. The van der Waals surface area contributed by atoms with Gasteiger partial charge in [-0.05, 0) is 24.6 Å². The van der Waals surface area contributed by atoms with Crippen molar-refractivity contribution in [2.24, 2.45) is 5.92 Å². The first-order valence-electron chi connectivity index (χ1n) is 6.37. The van der Waals surface area contributed by atoms with E-state index in [2.05, 4.69) is 49.3 Å². The Morgan fingerprint density at radius 2 is 2.06 bits per heavy atom. The Hall–Kier alpha value is -0.580. The minimum Gasteiger partial charge on any atom is -0.314 e. The van der Waals surface area contributed by atoms with Crippen molar-refractivity contribution in [2.45, 2.75) is 31.2 Å². The largest absolute Gasteiger partial charge is 0.314 e. The topological polar surface area (TPSA) is 24.9 Å². The average molecular weight is 280 g/mol. The molecule has 0 amide bonds. The maximum Gasteiger partial charge on any atom is 0.151 e. The highest BCUT2D eigenvalue weighted by atomic mass is 32.2. The van der Waals surface area contributed by atoms with Crippen LogP contribution in [0.4, 0.5) is 0 Å². The van der Waals surface area contributed by atoms with Crippen molar-refractivity contribution in [1.82, 2.24) is 10.3 Å². The Balaban J connectivity index is 1.86. The second kappa shape index (κ2) is 6.55. The summed E-state index contributed by atoms with van der Waals surface area (Å²) in [7, 11) is 0. The molecule has 4 heteroatoms. The number of nitrogens with one attached hydrogen (secondary N) is 1. The Kier molecular flexibility index (Phi) is 5.03. The molecule has 18 heavy (non-hydrogen) atoms. The van der Waals surface area contributed by atoms with Crippen molar-refractivity contribution in [1.29, 1.82) is 0 Å². The third kappa shape index (κ3) is 3.97. The van der Waals surface area contributed by atoms with Crippen LogP contribution in [-0.2, 0) is 0 Å². The zero-order chi connectivity index (χ0) is 13.0. The van der Waals surface area contributed by atoms with E-state index < -0.39 is 0 Å². The summed E-state index contributed by atoms with van der Waals surface area (Å²) in [4.78, 5) is 4.64. The van der Waals surface area contributed by atoms with Gasteiger partial charge in [-0.15, -0.1) is 11.3 Å². The summed E-state index contributed by atoms with van der Waals surface area (Å²) in [6.07, 6.45) is 0. The van der Waals surface area contributed by atoms with Crippen LogP contribution in [0, 0.1) is 5.92 Å². The number of rotatable bonds is 6. The summed E-state index contributed by atoms with van der Waals surface area (Å²) in [6.45, 7) is 7.74. The summed E-state index contributed by atoms with van der Waals surface area (Å²) in [5.74, 6) is 1.80. The Bertz CT molecular complexity index is 460. The predicted molar refractivity (Wildman–Crippen MR) is 82.6 cm³/mol. The van der Waals surface area contributed by atoms with E-state index in [9.17, 15) is 0 Å². The monoisotopic (exact) mass is 280 g/mol. The molecule has 0 aliphatic heterocycles. The molecule has 0 aliphatic carbocycles. The first kappa shape index (κ1) is 13.8. The summed E-state index contributed by atoms with van der Waals surface area (Å²) >= 11 is 3.67. The van der Waals surface area contributed by atoms with E-state index in [1.807, 2.05) is 17.8 Å². The van der Waals surface area contributed by atoms with Gasteiger partial charge in [-0.1, -0.05) is 44.7 Å². The molecule has 0 bridgehead atoms. The fourth-order valence-electron chi connectivity index (χ4n) is 1.62. The number of benzene rings is 1. The highest BCUT2D eigenvalue weighted by molar-refractivity contribution is 8.01. The highest BCUT2D eigenvalue weighted by Gasteiger charge is 2.07. The molecule has 2 nitrogen and oxygen atoms in total. The number of hydrogen-bond donors (Lipinski definition) is 1. The Labute approximate surface area is 117 Å². The summed E-state index contributed by atoms with van der Waals surface area (Å²) in [5.41, 5.74) is 1.12. The van der Waals surface area contributed by atoms with Crippen LogP contribution in [0.3, 0.4) is 0 Å². The van der Waals surface area contributed by atoms with Gasteiger partial charge in [0, 0.05) is 11.8 Å². The third-order valence-corrected chi connectivity index (χ3v) is 5.15. The number of nitrogens with zero attached hydrogens (tertiary/aromatic N) is 1. The average Bonchev–Trinajstić information content (AvgIpc) is 2.76. The highest BCUT2D eigenvalue weighted by Crippen LogP contribution is 2.30. The van der Waals surface area contributed by atoms with E-state index >= 15 is 0 Å². The molecule has 1 unspecified atom stereocenters. The smallest absolute Gasteiger partial charge is 0.151 e. The number of hydrogen-bond acceptors (Lipinski definition) is 4. The van der Waals surface area contributed by atoms with Crippen molar-refractivity contribution in [2.75, 3.05) is 12.3 Å². The van der Waals surface area contributed by atoms with E-state index in [0.29, 0.717) is 12.0 Å². The molecular weight excluding hydrogens is 260 g/mol. The number of aromatic nitrogens is 1. The molecule has 1 aromatic carbocycles. The van der Waals surface area contributed by atoms with Gasteiger partial charge in [0.15, 0.2) is 4.34 Å². The minimum absolute atomic E-state index is 0.569. The van der Waals surface area contributed by atoms with Crippen LogP contribution in [0.5, 0.6) is 0 Å². The molecule has 0 saturated heterocycles. The lowest BCUT2D eigenvalue weighted by Crippen LogP contribution is -2.28. The normalized spacial score (nSPS) is 13.3. The van der Waals surface area contributed by atoms with Gasteiger partial charge in [-0.2, -0.15) is 0 Å². The van der Waals surface area contributed by atoms with Crippen molar-refractivity contribution >= 4 is 33.3 Å². The fraction of sp³-hybridized carbons (Fsp3) is 0.500. The van der Waals surface area contributed by atoms with Crippen molar-refractivity contribution < 1.29 is 0 Å². The van der Waals surface area contributed by atoms with Crippen LogP contribution in [0.2, 0.25) is 0 Å². The maximum atomic E-state index is 4.64. The lowest BCUT2D eigenvalue weighted by Gasteiger charge is -2.13. The second-order valence-corrected chi connectivity index (χ2v) is 7.22. The van der Waals surface area contributed by atoms with Crippen LogP contribution in [-0.4, -0.2) is 23.3 Å². The molecule has 0 spiro atoms. The van der Waals surface area contributed by atoms with Crippen LogP contribution in [0.25, 0.3) is 10.2 Å². The Morgan fingerprint density at radius 1 is 1.28 bits per heavy atom. The summed E-state index contributed by atoms with van der Waals surface area (Å²) < 4.78 is 2.47. The van der Waals surface area contributed by atoms with Gasteiger partial charge in [0.05, 0.1) is 10.2 Å². The standard InChI is InChI=1S/C14H20N2S2/c1-10(2)15-8-11(3)9-17-14-16-12-6-4-5-7-13(12)18-14/h4-7,10-11,15H,8-9H2,1-3H3. The van der Waals surface area contributed by atoms with E-state index in [1.54, 1.807) is 11.3 Å². The van der Waals surface area contributed by atoms with Crippen LogP contribution < -0.4 is 5.32 Å². The van der Waals surface area contributed by atoms with Crippen LogP contribution >= 0.6 is 23.1 Å². The zero-order valence-corrected chi connectivity index (χ0v) is 12.8. The lowest BCUT2D eigenvalue weighted by atomic mass is 10.2. The van der Waals surface area contributed by atoms with E-state index in [1.165, 1.54) is 9.04 Å².